The molecule has 0 saturated heterocycles. The zero-order valence-electron chi connectivity index (χ0n) is 6.00. The number of benzene rings is 1. The van der Waals surface area contributed by atoms with Crippen molar-refractivity contribution in [2.24, 2.45) is 0 Å². The van der Waals surface area contributed by atoms with E-state index in [9.17, 15) is 4.39 Å². The van der Waals surface area contributed by atoms with Gasteiger partial charge < -0.3 is 0 Å². The van der Waals surface area contributed by atoms with Gasteiger partial charge in [0, 0.05) is 7.14 Å². The Morgan fingerprint density at radius 3 is 2.55 bits per heavy atom. The summed E-state index contributed by atoms with van der Waals surface area (Å²) >= 11 is 4.40. The van der Waals surface area contributed by atoms with E-state index in [0.29, 0.717) is 0 Å². The molecule has 1 rings (SSSR count). The maximum atomic E-state index is 12.8. The predicted molar refractivity (Wildman–Crippen MR) is 61.2 cm³/mol. The SMILES string of the molecule is CCc1cc(F)cc(I)c1I. The van der Waals surface area contributed by atoms with E-state index in [2.05, 4.69) is 45.2 Å². The van der Waals surface area contributed by atoms with E-state index in [1.54, 1.807) is 12.1 Å². The van der Waals surface area contributed by atoms with Crippen molar-refractivity contribution in [2.75, 3.05) is 0 Å². The third-order valence-electron chi connectivity index (χ3n) is 1.45. The number of rotatable bonds is 1. The Hall–Kier alpha value is 0.610. The fourth-order valence-electron chi connectivity index (χ4n) is 0.867. The second-order valence-electron chi connectivity index (χ2n) is 2.21. The molecule has 60 valence electrons. The maximum Gasteiger partial charge on any atom is 0.124 e. The molecule has 0 spiro atoms. The van der Waals surface area contributed by atoms with E-state index < -0.39 is 0 Å². The molecule has 0 radical (unpaired) electrons. The molecule has 0 aromatic heterocycles. The normalized spacial score (nSPS) is 10.2. The third kappa shape index (κ3) is 2.27. The summed E-state index contributed by atoms with van der Waals surface area (Å²) < 4.78 is 15.0. The lowest BCUT2D eigenvalue weighted by molar-refractivity contribution is 0.624. The molecule has 0 nitrogen and oxygen atoms in total. The molecule has 11 heavy (non-hydrogen) atoms. The van der Waals surface area contributed by atoms with Gasteiger partial charge in [0.25, 0.3) is 0 Å². The smallest absolute Gasteiger partial charge is 0.124 e. The van der Waals surface area contributed by atoms with Gasteiger partial charge in [-0.2, -0.15) is 0 Å². The topological polar surface area (TPSA) is 0 Å². The van der Waals surface area contributed by atoms with Gasteiger partial charge in [0.15, 0.2) is 0 Å². The highest BCUT2D eigenvalue weighted by molar-refractivity contribution is 14.1. The lowest BCUT2D eigenvalue weighted by Crippen LogP contribution is -1.91. The van der Waals surface area contributed by atoms with Crippen LogP contribution in [-0.4, -0.2) is 0 Å². The molecular weight excluding hydrogens is 369 g/mol. The zero-order valence-corrected chi connectivity index (χ0v) is 10.3. The fraction of sp³-hybridized carbons (Fsp3) is 0.250. The van der Waals surface area contributed by atoms with Crippen molar-refractivity contribution in [2.45, 2.75) is 13.3 Å². The quantitative estimate of drug-likeness (QED) is 0.519. The van der Waals surface area contributed by atoms with E-state index in [0.717, 1.165) is 15.6 Å². The highest BCUT2D eigenvalue weighted by atomic mass is 127. The van der Waals surface area contributed by atoms with Gasteiger partial charge >= 0.3 is 0 Å². The van der Waals surface area contributed by atoms with E-state index in [-0.39, 0.29) is 5.82 Å². The molecule has 0 bridgehead atoms. The van der Waals surface area contributed by atoms with Crippen molar-refractivity contribution >= 4 is 45.2 Å². The van der Waals surface area contributed by atoms with Crippen molar-refractivity contribution in [1.82, 2.24) is 0 Å². The average Bonchev–Trinajstić information content (AvgIpc) is 1.96. The molecule has 0 amide bonds. The lowest BCUT2D eigenvalue weighted by Gasteiger charge is -2.03. The van der Waals surface area contributed by atoms with Gasteiger partial charge in [0.2, 0.25) is 0 Å². The average molecular weight is 376 g/mol. The molecule has 0 fully saturated rings. The lowest BCUT2D eigenvalue weighted by atomic mass is 10.2. The first-order valence-corrected chi connectivity index (χ1v) is 5.44. The summed E-state index contributed by atoms with van der Waals surface area (Å²) in [5.41, 5.74) is 1.09. The minimum absolute atomic E-state index is 0.133. The monoisotopic (exact) mass is 376 g/mol. The molecule has 1 aromatic rings. The van der Waals surface area contributed by atoms with Crippen LogP contribution in [0.15, 0.2) is 12.1 Å². The summed E-state index contributed by atoms with van der Waals surface area (Å²) in [4.78, 5) is 0. The number of hydrogen-bond acceptors (Lipinski definition) is 0. The van der Waals surface area contributed by atoms with Crippen molar-refractivity contribution in [1.29, 1.82) is 0 Å². The first-order chi connectivity index (χ1) is 5.15. The molecule has 0 atom stereocenters. The van der Waals surface area contributed by atoms with Crippen LogP contribution in [0.1, 0.15) is 12.5 Å². The Balaban J connectivity index is 3.24. The summed E-state index contributed by atoms with van der Waals surface area (Å²) in [6, 6.07) is 3.16. The molecule has 0 aliphatic rings. The number of aryl methyl sites for hydroxylation is 1. The second kappa shape index (κ2) is 4.02. The van der Waals surface area contributed by atoms with E-state index in [1.165, 1.54) is 3.57 Å². The molecule has 3 heteroatoms. The Labute approximate surface area is 92.9 Å². The summed E-state index contributed by atoms with van der Waals surface area (Å²) in [5, 5.41) is 0. The van der Waals surface area contributed by atoms with E-state index in [4.69, 9.17) is 0 Å². The van der Waals surface area contributed by atoms with Crippen LogP contribution in [0.2, 0.25) is 0 Å². The van der Waals surface area contributed by atoms with Crippen molar-refractivity contribution in [3.8, 4) is 0 Å². The first kappa shape index (κ1) is 9.70. The first-order valence-electron chi connectivity index (χ1n) is 3.28. The highest BCUT2D eigenvalue weighted by Crippen LogP contribution is 2.21. The molecule has 0 aliphatic heterocycles. The van der Waals surface area contributed by atoms with Crippen LogP contribution in [0.4, 0.5) is 4.39 Å². The Morgan fingerprint density at radius 2 is 2.00 bits per heavy atom. The molecule has 0 unspecified atom stereocenters. The van der Waals surface area contributed by atoms with Gasteiger partial charge in [0.05, 0.1) is 0 Å². The summed E-state index contributed by atoms with van der Waals surface area (Å²) in [7, 11) is 0. The minimum Gasteiger partial charge on any atom is -0.207 e. The van der Waals surface area contributed by atoms with Crippen LogP contribution in [0.25, 0.3) is 0 Å². The second-order valence-corrected chi connectivity index (χ2v) is 4.46. The molecular formula is C8H7FI2. The Bertz CT molecular complexity index is 271. The van der Waals surface area contributed by atoms with Crippen LogP contribution in [-0.2, 0) is 6.42 Å². The third-order valence-corrected chi connectivity index (χ3v) is 4.61. The van der Waals surface area contributed by atoms with Crippen LogP contribution < -0.4 is 0 Å². The fourth-order valence-corrected chi connectivity index (χ4v) is 2.20. The minimum atomic E-state index is -0.133. The predicted octanol–water partition coefficient (Wildman–Crippen LogP) is 3.60. The van der Waals surface area contributed by atoms with Gasteiger partial charge in [-0.1, -0.05) is 6.92 Å². The van der Waals surface area contributed by atoms with Crippen molar-refractivity contribution in [3.63, 3.8) is 0 Å². The maximum absolute atomic E-state index is 12.8. The number of halogens is 3. The summed E-state index contributed by atoms with van der Waals surface area (Å²) in [6.07, 6.45) is 0.895. The van der Waals surface area contributed by atoms with Crippen molar-refractivity contribution < 1.29 is 4.39 Å². The molecule has 0 saturated carbocycles. The zero-order chi connectivity index (χ0) is 8.43. The standard InChI is InChI=1S/C8H7FI2/c1-2-5-3-6(9)4-7(10)8(5)11/h3-4H,2H2,1H3. The van der Waals surface area contributed by atoms with Crippen LogP contribution in [0.3, 0.4) is 0 Å². The van der Waals surface area contributed by atoms with Crippen LogP contribution in [0, 0.1) is 13.0 Å². The molecule has 0 aliphatic carbocycles. The van der Waals surface area contributed by atoms with Gasteiger partial charge in [-0.05, 0) is 69.3 Å². The van der Waals surface area contributed by atoms with Gasteiger partial charge in [-0.15, -0.1) is 0 Å². The van der Waals surface area contributed by atoms with Crippen molar-refractivity contribution in [3.05, 3.63) is 30.7 Å². The van der Waals surface area contributed by atoms with Gasteiger partial charge in [0.1, 0.15) is 5.82 Å². The Morgan fingerprint density at radius 1 is 1.36 bits per heavy atom. The summed E-state index contributed by atoms with van der Waals surface area (Å²) in [5.74, 6) is -0.133. The van der Waals surface area contributed by atoms with E-state index >= 15 is 0 Å². The van der Waals surface area contributed by atoms with Gasteiger partial charge in [-0.25, -0.2) is 4.39 Å². The largest absolute Gasteiger partial charge is 0.207 e. The number of hydrogen-bond donors (Lipinski definition) is 0. The summed E-state index contributed by atoms with van der Waals surface area (Å²) in [6.45, 7) is 2.03. The molecule has 1 aromatic carbocycles. The van der Waals surface area contributed by atoms with Crippen LogP contribution >= 0.6 is 45.2 Å². The molecule has 0 heterocycles. The van der Waals surface area contributed by atoms with Crippen LogP contribution in [0.5, 0.6) is 0 Å². The Kier molecular flexibility index (Phi) is 3.54. The molecule has 0 N–H and O–H groups in total. The van der Waals surface area contributed by atoms with E-state index in [1.807, 2.05) is 6.92 Å². The van der Waals surface area contributed by atoms with Gasteiger partial charge in [-0.3, -0.25) is 0 Å². The highest BCUT2D eigenvalue weighted by Gasteiger charge is 2.03.